The first-order valence-electron chi connectivity index (χ1n) is 25.1. The summed E-state index contributed by atoms with van der Waals surface area (Å²) < 4.78 is 5.88. The van der Waals surface area contributed by atoms with Crippen LogP contribution in [0.25, 0.3) is 0 Å². The predicted molar refractivity (Wildman–Crippen MR) is 255 cm³/mol. The van der Waals surface area contributed by atoms with Gasteiger partial charge in [-0.3, -0.25) is 9.59 Å². The van der Waals surface area contributed by atoms with E-state index in [1.54, 1.807) is 0 Å². The first-order chi connectivity index (χ1) is 29.0. The van der Waals surface area contributed by atoms with Gasteiger partial charge in [0.1, 0.15) is 6.10 Å². The lowest BCUT2D eigenvalue weighted by atomic mass is 10.0. The zero-order valence-electron chi connectivity index (χ0n) is 38.9. The molecule has 0 aromatic carbocycles. The second-order valence-electron chi connectivity index (χ2n) is 16.9. The highest BCUT2D eigenvalue weighted by Gasteiger charge is 2.24. The molecule has 3 N–H and O–H groups in total. The number of carbonyl (C=O) groups is 2. The van der Waals surface area contributed by atoms with Gasteiger partial charge in [0.15, 0.2) is 0 Å². The lowest BCUT2D eigenvalue weighted by Gasteiger charge is -2.24. The smallest absolute Gasteiger partial charge is 0.306 e. The first kappa shape index (κ1) is 56.6. The lowest BCUT2D eigenvalue weighted by Crippen LogP contribution is -2.46. The van der Waals surface area contributed by atoms with Crippen molar-refractivity contribution in [2.24, 2.45) is 0 Å². The number of hydrogen-bond acceptors (Lipinski definition) is 5. The third-order valence-corrected chi connectivity index (χ3v) is 11.2. The molecule has 0 saturated heterocycles. The Morgan fingerprint density at radius 2 is 0.949 bits per heavy atom. The number of allylic oxidation sites excluding steroid dienone is 10. The molecule has 6 heteroatoms. The number of aliphatic hydroxyl groups excluding tert-OH is 2. The summed E-state index contributed by atoms with van der Waals surface area (Å²) in [4.78, 5) is 26.1. The number of aliphatic hydroxyl groups is 2. The molecule has 0 aliphatic heterocycles. The van der Waals surface area contributed by atoms with Crippen LogP contribution in [0.5, 0.6) is 0 Å². The number of esters is 1. The standard InChI is InChI=1S/C53H95NO5/c1-4-7-10-13-16-19-22-24-26-28-31-34-37-40-43-46-53(58)59-49(44-41-38-35-32-29-21-18-15-12-9-6-3)47-52(57)54-50(48-55)51(56)45-42-39-36-33-30-27-25-23-20-17-14-11-8-5-2/h9,12,15,18-19,21-22,29,32,35,49-51,55-56H,4-8,10-11,13-14,16-17,20,23-28,30-31,33-34,36-48H2,1-3H3,(H,54,57)/b12-9+,18-15+,22-19-,29-21-,35-32-. The summed E-state index contributed by atoms with van der Waals surface area (Å²) >= 11 is 0. The summed E-state index contributed by atoms with van der Waals surface area (Å²) in [5.41, 5.74) is 0. The van der Waals surface area contributed by atoms with Crippen molar-refractivity contribution in [1.82, 2.24) is 5.32 Å². The van der Waals surface area contributed by atoms with Crippen molar-refractivity contribution in [1.29, 1.82) is 0 Å². The Hall–Kier alpha value is -2.44. The monoisotopic (exact) mass is 826 g/mol. The molecule has 6 nitrogen and oxygen atoms in total. The van der Waals surface area contributed by atoms with Crippen molar-refractivity contribution < 1.29 is 24.5 Å². The maximum Gasteiger partial charge on any atom is 0.306 e. The maximum atomic E-state index is 13.2. The van der Waals surface area contributed by atoms with Gasteiger partial charge in [0.05, 0.1) is 25.2 Å². The molecule has 0 aromatic heterocycles. The van der Waals surface area contributed by atoms with Crippen molar-refractivity contribution >= 4 is 11.9 Å². The fourth-order valence-electron chi connectivity index (χ4n) is 7.38. The summed E-state index contributed by atoms with van der Waals surface area (Å²) in [6.07, 6.45) is 57.2. The van der Waals surface area contributed by atoms with E-state index in [1.807, 2.05) is 36.5 Å². The molecule has 3 atom stereocenters. The minimum absolute atomic E-state index is 0.0293. The van der Waals surface area contributed by atoms with E-state index in [2.05, 4.69) is 50.4 Å². The Bertz CT molecular complexity index is 1060. The van der Waals surface area contributed by atoms with Gasteiger partial charge in [-0.05, 0) is 64.2 Å². The maximum absolute atomic E-state index is 13.2. The van der Waals surface area contributed by atoms with Gasteiger partial charge in [-0.15, -0.1) is 0 Å². The molecule has 342 valence electrons. The van der Waals surface area contributed by atoms with Gasteiger partial charge in [-0.25, -0.2) is 0 Å². The number of rotatable bonds is 44. The van der Waals surface area contributed by atoms with Crippen LogP contribution in [0.4, 0.5) is 0 Å². The first-order valence-corrected chi connectivity index (χ1v) is 25.1. The molecular formula is C53H95NO5. The second kappa shape index (κ2) is 46.6. The van der Waals surface area contributed by atoms with Crippen LogP contribution in [0, 0.1) is 0 Å². The second-order valence-corrected chi connectivity index (χ2v) is 16.9. The highest BCUT2D eigenvalue weighted by atomic mass is 16.5. The number of hydrogen-bond donors (Lipinski definition) is 3. The van der Waals surface area contributed by atoms with Crippen molar-refractivity contribution in [3.8, 4) is 0 Å². The fraction of sp³-hybridized carbons (Fsp3) is 0.774. The molecule has 3 unspecified atom stereocenters. The van der Waals surface area contributed by atoms with E-state index in [4.69, 9.17) is 4.74 Å². The SMILES string of the molecule is CC/C=C/C=C/C=C\C=C/CCCC(CC(=O)NC(CO)C(O)CCCCCCCCCCCCCCCC)OC(=O)CCCCCCCCC/C=C\CCCCCC. The van der Waals surface area contributed by atoms with Gasteiger partial charge < -0.3 is 20.3 Å². The molecule has 0 aromatic rings. The number of amides is 1. The normalized spacial score (nSPS) is 13.8. The molecule has 59 heavy (non-hydrogen) atoms. The van der Waals surface area contributed by atoms with Crippen LogP contribution in [-0.2, 0) is 14.3 Å². The molecule has 0 fully saturated rings. The predicted octanol–water partition coefficient (Wildman–Crippen LogP) is 14.8. The Kier molecular flexibility index (Phi) is 44.7. The highest BCUT2D eigenvalue weighted by molar-refractivity contribution is 5.77. The number of ether oxygens (including phenoxy) is 1. The van der Waals surface area contributed by atoms with Crippen LogP contribution in [-0.4, -0.2) is 46.9 Å². The molecule has 0 rings (SSSR count). The van der Waals surface area contributed by atoms with E-state index in [-0.39, 0.29) is 24.9 Å². The zero-order chi connectivity index (χ0) is 43.1. The van der Waals surface area contributed by atoms with Crippen LogP contribution in [0.2, 0.25) is 0 Å². The minimum atomic E-state index is -0.806. The molecule has 1 amide bonds. The van der Waals surface area contributed by atoms with E-state index >= 15 is 0 Å². The molecule has 0 radical (unpaired) electrons. The molecule has 0 spiro atoms. The van der Waals surface area contributed by atoms with Gasteiger partial charge in [-0.2, -0.15) is 0 Å². The summed E-state index contributed by atoms with van der Waals surface area (Å²) in [5, 5.41) is 23.7. The summed E-state index contributed by atoms with van der Waals surface area (Å²) in [6.45, 7) is 6.31. The molecule has 0 heterocycles. The zero-order valence-corrected chi connectivity index (χ0v) is 38.9. The lowest BCUT2D eigenvalue weighted by molar-refractivity contribution is -0.151. The van der Waals surface area contributed by atoms with Crippen LogP contribution in [0.3, 0.4) is 0 Å². The Morgan fingerprint density at radius 1 is 0.508 bits per heavy atom. The van der Waals surface area contributed by atoms with E-state index < -0.39 is 18.2 Å². The van der Waals surface area contributed by atoms with Crippen LogP contribution in [0.1, 0.15) is 239 Å². The molecule has 0 saturated carbocycles. The summed E-state index contributed by atoms with van der Waals surface area (Å²) in [7, 11) is 0. The van der Waals surface area contributed by atoms with Crippen LogP contribution in [0.15, 0.2) is 60.8 Å². The topological polar surface area (TPSA) is 95.9 Å². The summed E-state index contributed by atoms with van der Waals surface area (Å²) in [5.74, 6) is -0.546. The molecule has 0 aliphatic carbocycles. The van der Waals surface area contributed by atoms with Gasteiger partial charge in [0.25, 0.3) is 0 Å². The largest absolute Gasteiger partial charge is 0.462 e. The van der Waals surface area contributed by atoms with Crippen LogP contribution < -0.4 is 5.32 Å². The van der Waals surface area contributed by atoms with E-state index in [1.165, 1.54) is 135 Å². The fourth-order valence-corrected chi connectivity index (χ4v) is 7.38. The number of carbonyl (C=O) groups excluding carboxylic acids is 2. The third-order valence-electron chi connectivity index (χ3n) is 11.2. The van der Waals surface area contributed by atoms with Gasteiger partial charge in [0, 0.05) is 6.42 Å². The quantitative estimate of drug-likeness (QED) is 0.0246. The van der Waals surface area contributed by atoms with Crippen LogP contribution >= 0.6 is 0 Å². The summed E-state index contributed by atoms with van der Waals surface area (Å²) in [6, 6.07) is -0.723. The van der Waals surface area contributed by atoms with E-state index in [9.17, 15) is 19.8 Å². The molecule has 0 bridgehead atoms. The molecule has 0 aliphatic rings. The van der Waals surface area contributed by atoms with Gasteiger partial charge in [-0.1, -0.05) is 223 Å². The highest BCUT2D eigenvalue weighted by Crippen LogP contribution is 2.17. The van der Waals surface area contributed by atoms with Crippen molar-refractivity contribution in [3.63, 3.8) is 0 Å². The third kappa shape index (κ3) is 42.1. The Balaban J connectivity index is 4.60. The Labute approximate surface area is 365 Å². The minimum Gasteiger partial charge on any atom is -0.462 e. The van der Waals surface area contributed by atoms with E-state index in [0.717, 1.165) is 57.8 Å². The number of unbranched alkanes of at least 4 members (excludes halogenated alkanes) is 25. The average molecular weight is 826 g/mol. The van der Waals surface area contributed by atoms with Crippen molar-refractivity contribution in [3.05, 3.63) is 60.8 Å². The van der Waals surface area contributed by atoms with Crippen molar-refractivity contribution in [2.45, 2.75) is 257 Å². The van der Waals surface area contributed by atoms with E-state index in [0.29, 0.717) is 19.3 Å². The Morgan fingerprint density at radius 3 is 1.47 bits per heavy atom. The van der Waals surface area contributed by atoms with Crippen molar-refractivity contribution in [2.75, 3.05) is 6.61 Å². The van der Waals surface area contributed by atoms with Gasteiger partial charge in [0.2, 0.25) is 5.91 Å². The van der Waals surface area contributed by atoms with Gasteiger partial charge >= 0.3 is 5.97 Å². The molecular weight excluding hydrogens is 731 g/mol. The average Bonchev–Trinajstić information content (AvgIpc) is 3.23. The number of nitrogens with one attached hydrogen (secondary N) is 1.